The molecule has 0 radical (unpaired) electrons. The second-order valence-corrected chi connectivity index (χ2v) is 9.94. The van der Waals surface area contributed by atoms with Gasteiger partial charge in [-0.2, -0.15) is 0 Å². The number of thiazole rings is 1. The third-order valence-electron chi connectivity index (χ3n) is 4.49. The number of nitrogens with one attached hydrogen (secondary N) is 1. The van der Waals surface area contributed by atoms with Crippen LogP contribution in [-0.4, -0.2) is 25.7 Å². The van der Waals surface area contributed by atoms with E-state index in [9.17, 15) is 26.4 Å². The number of hydrogen-bond acceptors (Lipinski definition) is 6. The number of amides is 1. The number of ether oxygens (including phenoxy) is 1. The third kappa shape index (κ3) is 5.68. The van der Waals surface area contributed by atoms with Crippen molar-refractivity contribution in [2.45, 2.75) is 17.0 Å². The molecule has 0 aliphatic rings. The zero-order chi connectivity index (χ0) is 23.6. The first kappa shape index (κ1) is 22.7. The maximum absolute atomic E-state index is 12.5. The number of carbonyl (C=O) groups is 1. The molecular weight excluding hydrogens is 477 g/mol. The van der Waals surface area contributed by atoms with Crippen LogP contribution >= 0.6 is 11.3 Å². The monoisotopic (exact) mass is 492 g/mol. The number of halogens is 3. The number of hydrogen-bond donors (Lipinski definition) is 1. The number of alkyl halides is 3. The van der Waals surface area contributed by atoms with Gasteiger partial charge in [0.25, 0.3) is 5.91 Å². The Morgan fingerprint density at radius 3 is 2.36 bits per heavy atom. The van der Waals surface area contributed by atoms with Crippen LogP contribution in [-0.2, 0) is 15.6 Å². The number of rotatable bonds is 6. The van der Waals surface area contributed by atoms with E-state index < -0.39 is 22.1 Å². The minimum absolute atomic E-state index is 0.204. The van der Waals surface area contributed by atoms with Crippen molar-refractivity contribution < 1.29 is 31.1 Å². The molecule has 0 saturated carbocycles. The minimum atomic E-state index is -4.80. The van der Waals surface area contributed by atoms with E-state index in [1.54, 1.807) is 30.3 Å². The first-order valence-electron chi connectivity index (χ1n) is 9.43. The Bertz CT molecular complexity index is 1400. The molecule has 0 aliphatic heterocycles. The molecule has 0 fully saturated rings. The Labute approximate surface area is 190 Å². The van der Waals surface area contributed by atoms with Gasteiger partial charge in [0, 0.05) is 11.6 Å². The summed E-state index contributed by atoms with van der Waals surface area (Å²) in [6.07, 6.45) is -4.80. The summed E-state index contributed by atoms with van der Waals surface area (Å²) in [5, 5.41) is 2.80. The van der Waals surface area contributed by atoms with Crippen LogP contribution in [0.3, 0.4) is 0 Å². The van der Waals surface area contributed by atoms with E-state index in [0.29, 0.717) is 15.8 Å². The molecular formula is C22H15F3N2O4S2. The summed E-state index contributed by atoms with van der Waals surface area (Å²) < 4.78 is 66.4. The second kappa shape index (κ2) is 8.83. The molecule has 1 aromatic heterocycles. The molecule has 1 N–H and O–H groups in total. The van der Waals surface area contributed by atoms with Gasteiger partial charge in [-0.3, -0.25) is 10.1 Å². The van der Waals surface area contributed by atoms with Gasteiger partial charge in [-0.05, 0) is 42.0 Å². The van der Waals surface area contributed by atoms with Crippen LogP contribution in [0.4, 0.5) is 18.3 Å². The second-order valence-electron chi connectivity index (χ2n) is 6.92. The van der Waals surface area contributed by atoms with E-state index in [-0.39, 0.29) is 27.1 Å². The van der Waals surface area contributed by atoms with Crippen LogP contribution in [0.5, 0.6) is 5.75 Å². The largest absolute Gasteiger partial charge is 0.573 e. The van der Waals surface area contributed by atoms with Crippen molar-refractivity contribution in [3.63, 3.8) is 0 Å². The van der Waals surface area contributed by atoms with Gasteiger partial charge in [-0.1, -0.05) is 41.7 Å². The summed E-state index contributed by atoms with van der Waals surface area (Å²) in [5.41, 5.74) is 1.20. The number of benzene rings is 3. The summed E-state index contributed by atoms with van der Waals surface area (Å²) in [4.78, 5) is 16.9. The van der Waals surface area contributed by atoms with Gasteiger partial charge in [0.2, 0.25) is 0 Å². The van der Waals surface area contributed by atoms with Crippen LogP contribution in [0.2, 0.25) is 0 Å². The third-order valence-corrected chi connectivity index (χ3v) is 7.13. The molecule has 0 atom stereocenters. The molecule has 0 aliphatic carbocycles. The number of nitrogens with zero attached hydrogens (tertiary/aromatic N) is 1. The lowest BCUT2D eigenvalue weighted by Crippen LogP contribution is -2.16. The molecule has 0 bridgehead atoms. The molecule has 3 aromatic carbocycles. The lowest BCUT2D eigenvalue weighted by atomic mass is 10.1. The molecule has 0 saturated heterocycles. The van der Waals surface area contributed by atoms with E-state index in [4.69, 9.17) is 0 Å². The van der Waals surface area contributed by atoms with Gasteiger partial charge in [-0.25, -0.2) is 13.4 Å². The molecule has 6 nitrogen and oxygen atoms in total. The van der Waals surface area contributed by atoms with Crippen molar-refractivity contribution in [3.8, 4) is 5.75 Å². The number of anilines is 1. The van der Waals surface area contributed by atoms with Crippen molar-refractivity contribution in [3.05, 3.63) is 83.9 Å². The van der Waals surface area contributed by atoms with Crippen LogP contribution in [0.1, 0.15) is 15.9 Å². The zero-order valence-electron chi connectivity index (χ0n) is 16.7. The Balaban J connectivity index is 1.45. The summed E-state index contributed by atoms with van der Waals surface area (Å²) in [6, 6.07) is 17.9. The normalized spacial score (nSPS) is 12.0. The number of aromatic nitrogens is 1. The van der Waals surface area contributed by atoms with E-state index in [1.165, 1.54) is 36.4 Å². The average Bonchev–Trinajstić information content (AvgIpc) is 3.15. The van der Waals surface area contributed by atoms with Gasteiger partial charge in [0.15, 0.2) is 15.0 Å². The topological polar surface area (TPSA) is 85.4 Å². The van der Waals surface area contributed by atoms with Crippen molar-refractivity contribution in [1.29, 1.82) is 0 Å². The maximum atomic E-state index is 12.5. The van der Waals surface area contributed by atoms with Crippen molar-refractivity contribution >= 4 is 42.4 Å². The van der Waals surface area contributed by atoms with E-state index in [0.717, 1.165) is 17.4 Å². The fourth-order valence-corrected chi connectivity index (χ4v) is 5.27. The zero-order valence-corrected chi connectivity index (χ0v) is 18.3. The molecule has 11 heteroatoms. The lowest BCUT2D eigenvalue weighted by Gasteiger charge is -2.07. The Kier molecular flexibility index (Phi) is 6.09. The first-order chi connectivity index (χ1) is 15.6. The van der Waals surface area contributed by atoms with E-state index >= 15 is 0 Å². The predicted molar refractivity (Wildman–Crippen MR) is 118 cm³/mol. The smallest absolute Gasteiger partial charge is 0.406 e. The number of fused-ring (bicyclic) bond motifs is 1. The van der Waals surface area contributed by atoms with Gasteiger partial charge in [0.1, 0.15) is 5.75 Å². The predicted octanol–water partition coefficient (Wildman–Crippen LogP) is 5.42. The Morgan fingerprint density at radius 1 is 1.00 bits per heavy atom. The molecule has 33 heavy (non-hydrogen) atoms. The van der Waals surface area contributed by atoms with Crippen LogP contribution in [0.15, 0.2) is 77.7 Å². The molecule has 4 aromatic rings. The summed E-state index contributed by atoms with van der Waals surface area (Å²) in [7, 11) is -3.51. The van der Waals surface area contributed by atoms with Gasteiger partial charge in [-0.15, -0.1) is 13.2 Å². The first-order valence-corrected chi connectivity index (χ1v) is 11.9. The highest BCUT2D eigenvalue weighted by molar-refractivity contribution is 7.90. The van der Waals surface area contributed by atoms with Crippen molar-refractivity contribution in [2.24, 2.45) is 0 Å². The SMILES string of the molecule is O=C(Nc1nc2ccc(OC(F)(F)F)cc2s1)c1ccc(CS(=O)(=O)c2ccccc2)cc1. The van der Waals surface area contributed by atoms with Gasteiger partial charge in [0.05, 0.1) is 20.9 Å². The molecule has 170 valence electrons. The van der Waals surface area contributed by atoms with Crippen LogP contribution < -0.4 is 10.1 Å². The highest BCUT2D eigenvalue weighted by Crippen LogP contribution is 2.31. The molecule has 0 unspecified atom stereocenters. The fraction of sp³-hybridized carbons (Fsp3) is 0.0909. The summed E-state index contributed by atoms with van der Waals surface area (Å²) in [5.74, 6) is -1.07. The maximum Gasteiger partial charge on any atom is 0.573 e. The number of sulfone groups is 1. The standard InChI is InChI=1S/C22H15F3N2O4S2/c23-22(24,25)31-16-10-11-18-19(12-16)32-21(26-18)27-20(28)15-8-6-14(7-9-15)13-33(29,30)17-4-2-1-3-5-17/h1-12H,13H2,(H,26,27,28). The van der Waals surface area contributed by atoms with Gasteiger partial charge >= 0.3 is 6.36 Å². The van der Waals surface area contributed by atoms with Crippen molar-refractivity contribution in [2.75, 3.05) is 5.32 Å². The average molecular weight is 493 g/mol. The van der Waals surface area contributed by atoms with Crippen LogP contribution in [0.25, 0.3) is 10.2 Å². The van der Waals surface area contributed by atoms with E-state index in [2.05, 4.69) is 15.0 Å². The van der Waals surface area contributed by atoms with Gasteiger partial charge < -0.3 is 4.74 Å². The molecule has 1 heterocycles. The summed E-state index contributed by atoms with van der Waals surface area (Å²) in [6.45, 7) is 0. The van der Waals surface area contributed by atoms with E-state index in [1.807, 2.05) is 0 Å². The van der Waals surface area contributed by atoms with Crippen molar-refractivity contribution in [1.82, 2.24) is 4.98 Å². The number of carbonyl (C=O) groups excluding carboxylic acids is 1. The summed E-state index contributed by atoms with van der Waals surface area (Å²) >= 11 is 0.999. The Morgan fingerprint density at radius 2 is 1.70 bits per heavy atom. The lowest BCUT2D eigenvalue weighted by molar-refractivity contribution is -0.274. The highest BCUT2D eigenvalue weighted by atomic mass is 32.2. The fourth-order valence-electron chi connectivity index (χ4n) is 3.01. The molecule has 0 spiro atoms. The molecule has 1 amide bonds. The quantitative estimate of drug-likeness (QED) is 0.388. The van der Waals surface area contributed by atoms with Crippen LogP contribution in [0, 0.1) is 0 Å². The molecule has 4 rings (SSSR count). The highest BCUT2D eigenvalue weighted by Gasteiger charge is 2.31. The Hall–Kier alpha value is -3.44. The minimum Gasteiger partial charge on any atom is -0.406 e.